The largest absolute Gasteiger partial charge is 0.430 e. The molecule has 1 amide bonds. The first-order valence-electron chi connectivity index (χ1n) is 4.53. The van der Waals surface area contributed by atoms with E-state index in [4.69, 9.17) is 5.11 Å². The Morgan fingerprint density at radius 3 is 2.73 bits per heavy atom. The van der Waals surface area contributed by atoms with Crippen molar-refractivity contribution in [2.24, 2.45) is 0 Å². The van der Waals surface area contributed by atoms with Crippen molar-refractivity contribution in [3.63, 3.8) is 0 Å². The number of aliphatic hydroxyl groups is 1. The minimum absolute atomic E-state index is 0.234. The minimum atomic E-state index is -0.588. The van der Waals surface area contributed by atoms with E-state index in [1.54, 1.807) is 14.0 Å². The Morgan fingerprint density at radius 1 is 1.60 bits per heavy atom. The van der Waals surface area contributed by atoms with Crippen molar-refractivity contribution in [3.8, 4) is 0 Å². The van der Waals surface area contributed by atoms with Crippen LogP contribution in [0.15, 0.2) is 27.6 Å². The maximum absolute atomic E-state index is 11.6. The molecule has 0 aliphatic carbocycles. The van der Waals surface area contributed by atoms with E-state index in [1.807, 2.05) is 0 Å². The van der Waals surface area contributed by atoms with Gasteiger partial charge >= 0.3 is 5.63 Å². The standard InChI is InChI=1S/C10H13NO4/c1-7(12)5-11(2)10(14)8-3-4-9(13)15-6-8/h3-4,6-7,12H,5H2,1-2H3. The van der Waals surface area contributed by atoms with Gasteiger partial charge in [0, 0.05) is 19.7 Å². The summed E-state index contributed by atoms with van der Waals surface area (Å²) < 4.78 is 4.57. The van der Waals surface area contributed by atoms with Crippen LogP contribution in [-0.2, 0) is 0 Å². The molecule has 0 bridgehead atoms. The molecule has 1 aromatic rings. The Hall–Kier alpha value is -1.62. The van der Waals surface area contributed by atoms with Gasteiger partial charge in [-0.1, -0.05) is 0 Å². The molecule has 0 aromatic carbocycles. The molecule has 1 heterocycles. The van der Waals surface area contributed by atoms with E-state index in [-0.39, 0.29) is 18.0 Å². The van der Waals surface area contributed by atoms with Crippen molar-refractivity contribution in [1.29, 1.82) is 0 Å². The predicted molar refractivity (Wildman–Crippen MR) is 53.6 cm³/mol. The highest BCUT2D eigenvalue weighted by Gasteiger charge is 2.13. The van der Waals surface area contributed by atoms with Gasteiger partial charge in [-0.05, 0) is 13.0 Å². The van der Waals surface area contributed by atoms with E-state index in [2.05, 4.69) is 4.42 Å². The van der Waals surface area contributed by atoms with E-state index in [1.165, 1.54) is 17.0 Å². The Kier molecular flexibility index (Phi) is 3.62. The summed E-state index contributed by atoms with van der Waals surface area (Å²) >= 11 is 0. The molecular weight excluding hydrogens is 198 g/mol. The fraction of sp³-hybridized carbons (Fsp3) is 0.400. The van der Waals surface area contributed by atoms with Crippen LogP contribution in [0.25, 0.3) is 0 Å². The lowest BCUT2D eigenvalue weighted by Crippen LogP contribution is -2.33. The van der Waals surface area contributed by atoms with Crippen molar-refractivity contribution >= 4 is 5.91 Å². The Morgan fingerprint density at radius 2 is 2.27 bits per heavy atom. The van der Waals surface area contributed by atoms with Gasteiger partial charge in [0.05, 0.1) is 11.7 Å². The molecule has 82 valence electrons. The number of amides is 1. The Bertz CT molecular complexity index is 376. The molecule has 0 saturated carbocycles. The molecule has 0 aliphatic heterocycles. The molecule has 0 fully saturated rings. The molecule has 0 saturated heterocycles. The molecule has 0 radical (unpaired) electrons. The number of aliphatic hydroxyl groups excluding tert-OH is 1. The maximum Gasteiger partial charge on any atom is 0.335 e. The van der Waals surface area contributed by atoms with E-state index in [0.29, 0.717) is 0 Å². The van der Waals surface area contributed by atoms with E-state index < -0.39 is 11.7 Å². The van der Waals surface area contributed by atoms with Gasteiger partial charge in [0.1, 0.15) is 6.26 Å². The smallest absolute Gasteiger partial charge is 0.335 e. The van der Waals surface area contributed by atoms with Crippen molar-refractivity contribution in [1.82, 2.24) is 4.90 Å². The van der Waals surface area contributed by atoms with Crippen LogP contribution in [-0.4, -0.2) is 35.6 Å². The number of carbonyl (C=O) groups is 1. The highest BCUT2D eigenvalue weighted by Crippen LogP contribution is 2.01. The molecule has 0 aliphatic rings. The third-order valence-electron chi connectivity index (χ3n) is 1.83. The summed E-state index contributed by atoms with van der Waals surface area (Å²) in [7, 11) is 1.57. The lowest BCUT2D eigenvalue weighted by Gasteiger charge is -2.18. The average molecular weight is 211 g/mol. The number of nitrogens with zero attached hydrogens (tertiary/aromatic N) is 1. The predicted octanol–water partition coefficient (Wildman–Crippen LogP) is 0.0926. The highest BCUT2D eigenvalue weighted by molar-refractivity contribution is 5.93. The van der Waals surface area contributed by atoms with Gasteiger partial charge in [0.15, 0.2) is 0 Å². The number of hydrogen-bond acceptors (Lipinski definition) is 4. The van der Waals surface area contributed by atoms with Gasteiger partial charge < -0.3 is 14.4 Å². The molecule has 5 heteroatoms. The molecule has 0 spiro atoms. The van der Waals surface area contributed by atoms with Crippen molar-refractivity contribution in [2.45, 2.75) is 13.0 Å². The van der Waals surface area contributed by atoms with Crippen molar-refractivity contribution < 1.29 is 14.3 Å². The lowest BCUT2D eigenvalue weighted by atomic mass is 10.2. The summed E-state index contributed by atoms with van der Waals surface area (Å²) in [6.45, 7) is 1.83. The maximum atomic E-state index is 11.6. The van der Waals surface area contributed by atoms with E-state index in [0.717, 1.165) is 6.26 Å². The van der Waals surface area contributed by atoms with Gasteiger partial charge in [-0.2, -0.15) is 0 Å². The second-order valence-electron chi connectivity index (χ2n) is 3.38. The molecule has 1 atom stereocenters. The fourth-order valence-electron chi connectivity index (χ4n) is 1.18. The highest BCUT2D eigenvalue weighted by atomic mass is 16.4. The minimum Gasteiger partial charge on any atom is -0.430 e. The zero-order valence-corrected chi connectivity index (χ0v) is 8.64. The summed E-state index contributed by atoms with van der Waals surface area (Å²) in [6, 6.07) is 2.58. The SMILES string of the molecule is CC(O)CN(C)C(=O)c1ccc(=O)oc1. The lowest BCUT2D eigenvalue weighted by molar-refractivity contribution is 0.0701. The second-order valence-corrected chi connectivity index (χ2v) is 3.38. The van der Waals surface area contributed by atoms with Crippen LogP contribution in [0.1, 0.15) is 17.3 Å². The van der Waals surface area contributed by atoms with Gasteiger partial charge in [0.25, 0.3) is 5.91 Å². The van der Waals surface area contributed by atoms with Crippen LogP contribution in [0.4, 0.5) is 0 Å². The van der Waals surface area contributed by atoms with Crippen LogP contribution < -0.4 is 5.63 Å². The Labute approximate surface area is 86.9 Å². The van der Waals surface area contributed by atoms with Gasteiger partial charge in [0.2, 0.25) is 0 Å². The van der Waals surface area contributed by atoms with Gasteiger partial charge in [-0.15, -0.1) is 0 Å². The van der Waals surface area contributed by atoms with Crippen LogP contribution in [0.2, 0.25) is 0 Å². The number of hydrogen-bond donors (Lipinski definition) is 1. The van der Waals surface area contributed by atoms with Crippen LogP contribution in [0, 0.1) is 0 Å². The van der Waals surface area contributed by atoms with Crippen molar-refractivity contribution in [2.75, 3.05) is 13.6 Å². The third kappa shape index (κ3) is 3.21. The molecule has 1 rings (SSSR count). The van der Waals surface area contributed by atoms with Gasteiger partial charge in [-0.25, -0.2) is 4.79 Å². The summed E-state index contributed by atoms with van der Waals surface area (Å²) in [5.41, 5.74) is -0.206. The van der Waals surface area contributed by atoms with Crippen molar-refractivity contribution in [3.05, 3.63) is 34.4 Å². The topological polar surface area (TPSA) is 70.8 Å². The van der Waals surface area contributed by atoms with Gasteiger partial charge in [-0.3, -0.25) is 4.79 Å². The van der Waals surface area contributed by atoms with E-state index in [9.17, 15) is 9.59 Å². The number of likely N-dealkylation sites (N-methyl/N-ethyl adjacent to an activating group) is 1. The molecular formula is C10H13NO4. The zero-order chi connectivity index (χ0) is 11.4. The first-order chi connectivity index (χ1) is 7.00. The normalized spacial score (nSPS) is 12.2. The first kappa shape index (κ1) is 11.5. The first-order valence-corrected chi connectivity index (χ1v) is 4.53. The average Bonchev–Trinajstić information content (AvgIpc) is 2.17. The number of carbonyl (C=O) groups excluding carboxylic acids is 1. The summed E-state index contributed by atoms with van der Waals surface area (Å²) in [5, 5.41) is 9.10. The third-order valence-corrected chi connectivity index (χ3v) is 1.83. The van der Waals surface area contributed by atoms with Crippen LogP contribution in [0.3, 0.4) is 0 Å². The summed E-state index contributed by atoms with van der Waals surface area (Å²) in [5.74, 6) is -0.292. The second kappa shape index (κ2) is 4.75. The quantitative estimate of drug-likeness (QED) is 0.769. The zero-order valence-electron chi connectivity index (χ0n) is 8.64. The summed E-state index contributed by atoms with van der Waals surface area (Å²) in [4.78, 5) is 23.7. The fourth-order valence-corrected chi connectivity index (χ4v) is 1.18. The molecule has 5 nitrogen and oxygen atoms in total. The van der Waals surface area contributed by atoms with Crippen LogP contribution >= 0.6 is 0 Å². The van der Waals surface area contributed by atoms with Crippen LogP contribution in [0.5, 0.6) is 0 Å². The monoisotopic (exact) mass is 211 g/mol. The molecule has 1 unspecified atom stereocenters. The molecule has 1 aromatic heterocycles. The number of rotatable bonds is 3. The Balaban J connectivity index is 2.76. The van der Waals surface area contributed by atoms with E-state index >= 15 is 0 Å². The summed E-state index contributed by atoms with van der Waals surface area (Å²) in [6.07, 6.45) is 0.526. The molecule has 1 N–H and O–H groups in total. The molecule has 15 heavy (non-hydrogen) atoms.